The van der Waals surface area contributed by atoms with E-state index in [0.717, 1.165) is 5.56 Å². The number of carboxylic acid groups (broad SMARTS) is 2. The largest absolute Gasteiger partial charge is 0.490 e. The van der Waals surface area contributed by atoms with E-state index in [-0.39, 0.29) is 0 Å². The first-order valence-electron chi connectivity index (χ1n) is 4.95. The number of carbonyl (C=O) groups is 2. The topological polar surface area (TPSA) is 86.6 Å². The zero-order chi connectivity index (χ0) is 15.1. The predicted molar refractivity (Wildman–Crippen MR) is 59.6 cm³/mol. The molecule has 0 fully saturated rings. The molecule has 0 amide bonds. The van der Waals surface area contributed by atoms with E-state index in [1.54, 1.807) is 19.2 Å². The van der Waals surface area contributed by atoms with Crippen molar-refractivity contribution in [3.8, 4) is 0 Å². The lowest BCUT2D eigenvalue weighted by molar-refractivity contribution is -0.192. The van der Waals surface area contributed by atoms with Crippen molar-refractivity contribution in [3.05, 3.63) is 35.9 Å². The van der Waals surface area contributed by atoms with Crippen LogP contribution in [0.5, 0.6) is 0 Å². The molecule has 1 rings (SSSR count). The summed E-state index contributed by atoms with van der Waals surface area (Å²) in [5, 5.41) is 18.6. The van der Waals surface area contributed by atoms with Crippen LogP contribution in [0.3, 0.4) is 0 Å². The molecule has 5 nitrogen and oxygen atoms in total. The first kappa shape index (κ1) is 16.9. The van der Waals surface area contributed by atoms with Gasteiger partial charge in [-0.1, -0.05) is 30.3 Å². The molecular weight excluding hydrogens is 267 g/mol. The molecular formula is C11H12F3NO4. The maximum atomic E-state index is 10.7. The highest BCUT2D eigenvalue weighted by molar-refractivity contribution is 5.75. The van der Waals surface area contributed by atoms with E-state index in [2.05, 4.69) is 5.32 Å². The number of aliphatic carboxylic acids is 2. The van der Waals surface area contributed by atoms with Crippen molar-refractivity contribution in [2.45, 2.75) is 12.2 Å². The maximum Gasteiger partial charge on any atom is 0.490 e. The van der Waals surface area contributed by atoms with Crippen LogP contribution in [0.15, 0.2) is 30.3 Å². The van der Waals surface area contributed by atoms with E-state index in [9.17, 15) is 18.0 Å². The number of alkyl halides is 3. The number of benzene rings is 1. The minimum Gasteiger partial charge on any atom is -0.480 e. The fourth-order valence-corrected chi connectivity index (χ4v) is 1.08. The van der Waals surface area contributed by atoms with E-state index in [1.165, 1.54) is 0 Å². The SMILES string of the molecule is CNC(C(=O)O)c1ccccc1.O=C(O)C(F)(F)F. The third-order valence-corrected chi connectivity index (χ3v) is 1.91. The molecule has 1 unspecified atom stereocenters. The quantitative estimate of drug-likeness (QED) is 0.783. The Bertz CT molecular complexity index is 420. The van der Waals surface area contributed by atoms with Crippen molar-refractivity contribution >= 4 is 11.9 Å². The predicted octanol–water partition coefficient (Wildman–Crippen LogP) is 1.67. The van der Waals surface area contributed by atoms with Gasteiger partial charge in [-0.05, 0) is 12.6 Å². The number of rotatable bonds is 3. The second-order valence-electron chi connectivity index (χ2n) is 3.27. The van der Waals surface area contributed by atoms with Crippen LogP contribution < -0.4 is 5.32 Å². The van der Waals surface area contributed by atoms with Gasteiger partial charge in [-0.15, -0.1) is 0 Å². The molecule has 106 valence electrons. The fraction of sp³-hybridized carbons (Fsp3) is 0.273. The lowest BCUT2D eigenvalue weighted by Gasteiger charge is -2.10. The van der Waals surface area contributed by atoms with Crippen molar-refractivity contribution in [2.75, 3.05) is 7.05 Å². The number of nitrogens with one attached hydrogen (secondary N) is 1. The van der Waals surface area contributed by atoms with Gasteiger partial charge in [0.15, 0.2) is 0 Å². The zero-order valence-corrected chi connectivity index (χ0v) is 9.81. The van der Waals surface area contributed by atoms with Crippen molar-refractivity contribution in [3.63, 3.8) is 0 Å². The summed E-state index contributed by atoms with van der Waals surface area (Å²) in [5.41, 5.74) is 0.771. The minimum atomic E-state index is -5.08. The lowest BCUT2D eigenvalue weighted by Crippen LogP contribution is -2.24. The maximum absolute atomic E-state index is 10.7. The van der Waals surface area contributed by atoms with Crippen molar-refractivity contribution in [2.24, 2.45) is 0 Å². The summed E-state index contributed by atoms with van der Waals surface area (Å²) in [4.78, 5) is 19.6. The number of hydrogen-bond acceptors (Lipinski definition) is 3. The van der Waals surface area contributed by atoms with Gasteiger partial charge < -0.3 is 15.5 Å². The monoisotopic (exact) mass is 279 g/mol. The fourth-order valence-electron chi connectivity index (χ4n) is 1.08. The van der Waals surface area contributed by atoms with Crippen LogP contribution in [0.25, 0.3) is 0 Å². The molecule has 0 aliphatic heterocycles. The van der Waals surface area contributed by atoms with Crippen LogP contribution in [-0.4, -0.2) is 35.4 Å². The molecule has 1 aromatic rings. The van der Waals surface area contributed by atoms with E-state index in [4.69, 9.17) is 15.0 Å². The molecule has 0 aliphatic carbocycles. The first-order chi connectivity index (χ1) is 8.70. The third-order valence-electron chi connectivity index (χ3n) is 1.91. The normalized spacial score (nSPS) is 12.0. The van der Waals surface area contributed by atoms with Crippen molar-refractivity contribution in [1.29, 1.82) is 0 Å². The Morgan fingerprint density at radius 1 is 1.16 bits per heavy atom. The van der Waals surface area contributed by atoms with Gasteiger partial charge in [0.1, 0.15) is 6.04 Å². The molecule has 0 spiro atoms. The summed E-state index contributed by atoms with van der Waals surface area (Å²) in [6.07, 6.45) is -5.08. The average molecular weight is 279 g/mol. The highest BCUT2D eigenvalue weighted by Crippen LogP contribution is 2.13. The molecule has 0 bridgehead atoms. The van der Waals surface area contributed by atoms with Gasteiger partial charge in [0.2, 0.25) is 0 Å². The Hall–Kier alpha value is -2.09. The zero-order valence-electron chi connectivity index (χ0n) is 9.81. The molecule has 1 atom stereocenters. The molecule has 0 saturated heterocycles. The highest BCUT2D eigenvalue weighted by atomic mass is 19.4. The van der Waals surface area contributed by atoms with Crippen LogP contribution in [0.1, 0.15) is 11.6 Å². The van der Waals surface area contributed by atoms with Gasteiger partial charge in [0.05, 0.1) is 0 Å². The number of carboxylic acids is 2. The highest BCUT2D eigenvalue weighted by Gasteiger charge is 2.38. The Morgan fingerprint density at radius 2 is 1.58 bits per heavy atom. The van der Waals surface area contributed by atoms with Gasteiger partial charge >= 0.3 is 18.1 Å². The van der Waals surface area contributed by atoms with Crippen LogP contribution >= 0.6 is 0 Å². The second kappa shape index (κ2) is 7.37. The van der Waals surface area contributed by atoms with Gasteiger partial charge in [-0.2, -0.15) is 13.2 Å². The average Bonchev–Trinajstić information content (AvgIpc) is 2.30. The van der Waals surface area contributed by atoms with Gasteiger partial charge in [0, 0.05) is 0 Å². The van der Waals surface area contributed by atoms with Crippen LogP contribution in [0.4, 0.5) is 13.2 Å². The van der Waals surface area contributed by atoms with E-state index in [1.807, 2.05) is 18.2 Å². The van der Waals surface area contributed by atoms with E-state index >= 15 is 0 Å². The summed E-state index contributed by atoms with van der Waals surface area (Å²) < 4.78 is 31.7. The van der Waals surface area contributed by atoms with Crippen LogP contribution in [-0.2, 0) is 9.59 Å². The molecule has 0 aliphatic rings. The standard InChI is InChI=1S/C9H11NO2.C2HF3O2/c1-10-8(9(11)12)7-5-3-2-4-6-7;3-2(4,5)1(6)7/h2-6,8,10H,1H3,(H,11,12);(H,6,7). The summed E-state index contributed by atoms with van der Waals surface area (Å²) in [7, 11) is 1.63. The van der Waals surface area contributed by atoms with E-state index in [0.29, 0.717) is 0 Å². The summed E-state index contributed by atoms with van der Waals surface area (Å²) in [5.74, 6) is -3.61. The van der Waals surface area contributed by atoms with Crippen LogP contribution in [0, 0.1) is 0 Å². The van der Waals surface area contributed by atoms with Crippen molar-refractivity contribution in [1.82, 2.24) is 5.32 Å². The van der Waals surface area contributed by atoms with Gasteiger partial charge in [-0.25, -0.2) is 4.79 Å². The molecule has 0 aromatic heterocycles. The Kier molecular flexibility index (Phi) is 6.56. The Balaban J connectivity index is 0.000000399. The second-order valence-corrected chi connectivity index (χ2v) is 3.27. The molecule has 1 aromatic carbocycles. The van der Waals surface area contributed by atoms with Gasteiger partial charge in [-0.3, -0.25) is 4.79 Å². The molecule has 3 N–H and O–H groups in total. The first-order valence-corrected chi connectivity index (χ1v) is 4.95. The van der Waals surface area contributed by atoms with E-state index < -0.39 is 24.2 Å². The summed E-state index contributed by atoms with van der Waals surface area (Å²) >= 11 is 0. The number of likely N-dealkylation sites (N-methyl/N-ethyl adjacent to an activating group) is 1. The smallest absolute Gasteiger partial charge is 0.480 e. The number of halogens is 3. The number of hydrogen-bond donors (Lipinski definition) is 3. The van der Waals surface area contributed by atoms with Crippen LogP contribution in [0.2, 0.25) is 0 Å². The van der Waals surface area contributed by atoms with Gasteiger partial charge in [0.25, 0.3) is 0 Å². The van der Waals surface area contributed by atoms with Crippen molar-refractivity contribution < 1.29 is 33.0 Å². The Labute approximate surface area is 106 Å². The Morgan fingerprint density at radius 3 is 1.84 bits per heavy atom. The molecule has 0 saturated carbocycles. The molecule has 19 heavy (non-hydrogen) atoms. The molecule has 8 heteroatoms. The minimum absolute atomic E-state index is 0.605. The summed E-state index contributed by atoms with van der Waals surface area (Å²) in [6, 6.07) is 8.47. The lowest BCUT2D eigenvalue weighted by atomic mass is 10.1. The third kappa shape index (κ3) is 6.41. The molecule has 0 heterocycles. The molecule has 0 radical (unpaired) electrons. The summed E-state index contributed by atoms with van der Waals surface area (Å²) in [6.45, 7) is 0.